The van der Waals surface area contributed by atoms with Gasteiger partial charge in [0.15, 0.2) is 11.5 Å². The zero-order valence-electron chi connectivity index (χ0n) is 19.1. The number of fused-ring (bicyclic) bond motifs is 3. The van der Waals surface area contributed by atoms with Gasteiger partial charge in [0.2, 0.25) is 6.79 Å². The fourth-order valence-electron chi connectivity index (χ4n) is 4.85. The Balaban J connectivity index is 1.64. The molecule has 0 N–H and O–H groups in total. The van der Waals surface area contributed by atoms with Crippen molar-refractivity contribution in [3.05, 3.63) is 95.1 Å². The van der Waals surface area contributed by atoms with Crippen molar-refractivity contribution in [1.29, 1.82) is 0 Å². The monoisotopic (exact) mass is 483 g/mol. The quantitative estimate of drug-likeness (QED) is 0.251. The van der Waals surface area contributed by atoms with Gasteiger partial charge < -0.3 is 18.8 Å². The van der Waals surface area contributed by atoms with Gasteiger partial charge in [0.05, 0.1) is 13.2 Å². The minimum absolute atomic E-state index is 0.168. The maximum atomic E-state index is 13.5. The maximum absolute atomic E-state index is 13.5. The van der Waals surface area contributed by atoms with Gasteiger partial charge in [-0.05, 0) is 41.0 Å². The lowest BCUT2D eigenvalue weighted by molar-refractivity contribution is 0.0516. The van der Waals surface area contributed by atoms with E-state index in [0.717, 1.165) is 38.4 Å². The molecule has 0 unspecified atom stereocenters. The summed E-state index contributed by atoms with van der Waals surface area (Å²) in [7, 11) is 0. The molecule has 1 aromatic heterocycles. The summed E-state index contributed by atoms with van der Waals surface area (Å²) < 4.78 is 18.6. The molecule has 1 aliphatic heterocycles. The van der Waals surface area contributed by atoms with Gasteiger partial charge in [-0.3, -0.25) is 0 Å². The van der Waals surface area contributed by atoms with E-state index in [1.807, 2.05) is 60.0 Å². The van der Waals surface area contributed by atoms with Crippen molar-refractivity contribution in [2.24, 2.45) is 0 Å². The summed E-state index contributed by atoms with van der Waals surface area (Å²) in [5.41, 5.74) is 4.09. The first kappa shape index (κ1) is 21.6. The van der Waals surface area contributed by atoms with Gasteiger partial charge in [0.1, 0.15) is 5.69 Å². The van der Waals surface area contributed by atoms with E-state index in [9.17, 15) is 4.79 Å². The second-order valence-corrected chi connectivity index (χ2v) is 8.78. The van der Waals surface area contributed by atoms with Crippen LogP contribution in [0.3, 0.4) is 0 Å². The number of rotatable bonds is 5. The van der Waals surface area contributed by atoms with E-state index >= 15 is 0 Å². The highest BCUT2D eigenvalue weighted by Gasteiger charge is 2.27. The number of esters is 1. The molecule has 0 saturated carbocycles. The van der Waals surface area contributed by atoms with Crippen LogP contribution in [-0.2, 0) is 11.3 Å². The third-order valence-electron chi connectivity index (χ3n) is 6.37. The van der Waals surface area contributed by atoms with Crippen LogP contribution in [-0.4, -0.2) is 23.9 Å². The van der Waals surface area contributed by atoms with E-state index in [1.165, 1.54) is 0 Å². The Kier molecular flexibility index (Phi) is 5.34. The second kappa shape index (κ2) is 8.67. The number of nitrogens with zero attached hydrogens (tertiary/aromatic N) is 1. The number of carbonyl (C=O) groups is 1. The second-order valence-electron chi connectivity index (χ2n) is 8.37. The zero-order valence-corrected chi connectivity index (χ0v) is 19.8. The fraction of sp³-hybridized carbons (Fsp3) is 0.138. The summed E-state index contributed by atoms with van der Waals surface area (Å²) in [5.74, 6) is 0.898. The molecule has 5 nitrogen and oxygen atoms in total. The molecule has 0 saturated heterocycles. The van der Waals surface area contributed by atoms with E-state index in [0.29, 0.717) is 28.8 Å². The Hall–Kier alpha value is -3.96. The van der Waals surface area contributed by atoms with Crippen LogP contribution in [0.15, 0.2) is 78.9 Å². The Morgan fingerprint density at radius 1 is 0.943 bits per heavy atom. The van der Waals surface area contributed by atoms with E-state index in [1.54, 1.807) is 6.07 Å². The molecule has 0 aliphatic carbocycles. The average molecular weight is 484 g/mol. The lowest BCUT2D eigenvalue weighted by Crippen LogP contribution is -2.14. The number of para-hydroxylation sites is 1. The number of hydrogen-bond donors (Lipinski definition) is 0. The highest BCUT2D eigenvalue weighted by atomic mass is 35.5. The normalized spacial score (nSPS) is 12.4. The van der Waals surface area contributed by atoms with Gasteiger partial charge in [0.25, 0.3) is 0 Å². The standard InChI is InChI=1S/C29H22ClNO4/c1-2-33-29(32)28-27(21-12-7-9-18-8-3-4-10-20(18)21)22-11-5-6-13-24(22)31(28)16-19-14-25-26(15-23(19)30)35-17-34-25/h3-15H,2,16-17H2,1H3. The Morgan fingerprint density at radius 3 is 2.49 bits per heavy atom. The van der Waals surface area contributed by atoms with E-state index in [2.05, 4.69) is 24.3 Å². The lowest BCUT2D eigenvalue weighted by atomic mass is 9.96. The third kappa shape index (κ3) is 3.60. The van der Waals surface area contributed by atoms with Crippen molar-refractivity contribution in [3.8, 4) is 22.6 Å². The minimum Gasteiger partial charge on any atom is -0.461 e. The molecular weight excluding hydrogens is 462 g/mol. The van der Waals surface area contributed by atoms with Crippen molar-refractivity contribution in [2.75, 3.05) is 13.4 Å². The van der Waals surface area contributed by atoms with Gasteiger partial charge in [-0.2, -0.15) is 0 Å². The molecule has 5 aromatic rings. The molecule has 174 valence electrons. The highest BCUT2D eigenvalue weighted by Crippen LogP contribution is 2.41. The molecule has 4 aromatic carbocycles. The molecule has 0 spiro atoms. The average Bonchev–Trinajstić information content (AvgIpc) is 3.46. The summed E-state index contributed by atoms with van der Waals surface area (Å²) in [6.45, 7) is 2.63. The minimum atomic E-state index is -0.372. The molecule has 35 heavy (non-hydrogen) atoms. The lowest BCUT2D eigenvalue weighted by Gasteiger charge is -2.14. The first-order valence-electron chi connectivity index (χ1n) is 11.5. The third-order valence-corrected chi connectivity index (χ3v) is 6.72. The molecule has 0 atom stereocenters. The SMILES string of the molecule is CCOC(=O)c1c(-c2cccc3ccccc23)c2ccccc2n1Cc1cc2c(cc1Cl)OCO2. The maximum Gasteiger partial charge on any atom is 0.355 e. The van der Waals surface area contributed by atoms with Gasteiger partial charge in [-0.15, -0.1) is 0 Å². The van der Waals surface area contributed by atoms with Crippen molar-refractivity contribution in [3.63, 3.8) is 0 Å². The number of aromatic nitrogens is 1. The van der Waals surface area contributed by atoms with Crippen molar-refractivity contribution in [2.45, 2.75) is 13.5 Å². The van der Waals surface area contributed by atoms with Crippen LogP contribution in [0, 0.1) is 0 Å². The summed E-state index contributed by atoms with van der Waals surface area (Å²) in [5, 5.41) is 3.71. The first-order valence-corrected chi connectivity index (χ1v) is 11.9. The van der Waals surface area contributed by atoms with E-state index in [4.69, 9.17) is 25.8 Å². The number of carbonyl (C=O) groups excluding carboxylic acids is 1. The molecule has 1 aliphatic rings. The number of ether oxygens (including phenoxy) is 3. The smallest absolute Gasteiger partial charge is 0.355 e. The van der Waals surface area contributed by atoms with E-state index < -0.39 is 0 Å². The number of hydrogen-bond acceptors (Lipinski definition) is 4. The van der Waals surface area contributed by atoms with Crippen LogP contribution < -0.4 is 9.47 Å². The summed E-state index contributed by atoms with van der Waals surface area (Å²) in [6, 6.07) is 26.0. The predicted octanol–water partition coefficient (Wildman–Crippen LogP) is 7.07. The van der Waals surface area contributed by atoms with Crippen LogP contribution in [0.1, 0.15) is 23.0 Å². The van der Waals surface area contributed by atoms with Gasteiger partial charge in [-0.25, -0.2) is 4.79 Å². The van der Waals surface area contributed by atoms with Crippen LogP contribution in [0.2, 0.25) is 5.02 Å². The number of halogens is 1. The largest absolute Gasteiger partial charge is 0.461 e. The molecule has 2 heterocycles. The fourth-order valence-corrected chi connectivity index (χ4v) is 5.06. The Bertz CT molecular complexity index is 1600. The van der Waals surface area contributed by atoms with Crippen molar-refractivity contribution >= 4 is 39.2 Å². The van der Waals surface area contributed by atoms with Gasteiger partial charge >= 0.3 is 5.97 Å². The first-order chi connectivity index (χ1) is 17.2. The molecule has 6 rings (SSSR count). The summed E-state index contributed by atoms with van der Waals surface area (Å²) >= 11 is 6.64. The predicted molar refractivity (Wildman–Crippen MR) is 138 cm³/mol. The van der Waals surface area contributed by atoms with E-state index in [-0.39, 0.29) is 19.4 Å². The van der Waals surface area contributed by atoms with Crippen LogP contribution >= 0.6 is 11.6 Å². The van der Waals surface area contributed by atoms with Crippen LogP contribution in [0.4, 0.5) is 0 Å². The molecule has 0 radical (unpaired) electrons. The Labute approximate surface area is 207 Å². The molecular formula is C29H22ClNO4. The van der Waals surface area contributed by atoms with Crippen LogP contribution in [0.25, 0.3) is 32.8 Å². The molecule has 6 heteroatoms. The molecule has 0 amide bonds. The summed E-state index contributed by atoms with van der Waals surface area (Å²) in [6.07, 6.45) is 0. The van der Waals surface area contributed by atoms with Gasteiger partial charge in [0, 0.05) is 27.6 Å². The van der Waals surface area contributed by atoms with Crippen molar-refractivity contribution < 1.29 is 19.0 Å². The Morgan fingerprint density at radius 2 is 1.66 bits per heavy atom. The number of benzene rings is 4. The van der Waals surface area contributed by atoms with Crippen LogP contribution in [0.5, 0.6) is 11.5 Å². The molecule has 0 fully saturated rings. The molecule has 0 bridgehead atoms. The van der Waals surface area contributed by atoms with Gasteiger partial charge in [-0.1, -0.05) is 72.3 Å². The summed E-state index contributed by atoms with van der Waals surface area (Å²) in [4.78, 5) is 13.5. The van der Waals surface area contributed by atoms with Crippen molar-refractivity contribution in [1.82, 2.24) is 4.57 Å². The topological polar surface area (TPSA) is 49.7 Å². The highest BCUT2D eigenvalue weighted by molar-refractivity contribution is 6.31. The zero-order chi connectivity index (χ0) is 23.9.